The number of aromatic nitrogens is 3. The predicted octanol–water partition coefficient (Wildman–Crippen LogP) is 3.16. The Labute approximate surface area is 165 Å². The maximum atomic E-state index is 12.8. The maximum absolute atomic E-state index is 12.8. The molecule has 28 heavy (non-hydrogen) atoms. The summed E-state index contributed by atoms with van der Waals surface area (Å²) in [5, 5.41) is 4.39. The zero-order valence-corrected chi connectivity index (χ0v) is 16.4. The van der Waals surface area contributed by atoms with Gasteiger partial charge in [-0.2, -0.15) is 9.50 Å². The standard InChI is InChI=1S/C21H19N3O3S/c1-3-26-16-11-9-14(10-12-16)19-22-21-24(23-19)20(25)18(28-21)13-15-7-5-6-8-17(15)27-4-2/h5-13H,3-4H2,1-2H3/b18-13-. The molecule has 0 aliphatic rings. The molecule has 7 heteroatoms. The van der Waals surface area contributed by atoms with E-state index < -0.39 is 0 Å². The molecule has 0 spiro atoms. The zero-order chi connectivity index (χ0) is 19.5. The Hall–Kier alpha value is -3.19. The van der Waals surface area contributed by atoms with Crippen LogP contribution in [0.5, 0.6) is 11.5 Å². The Bertz CT molecular complexity index is 1210. The van der Waals surface area contributed by atoms with Gasteiger partial charge in [0.05, 0.1) is 17.7 Å². The maximum Gasteiger partial charge on any atom is 0.291 e. The van der Waals surface area contributed by atoms with Gasteiger partial charge in [0.1, 0.15) is 11.5 Å². The smallest absolute Gasteiger partial charge is 0.291 e. The molecule has 142 valence electrons. The van der Waals surface area contributed by atoms with Crippen LogP contribution < -0.4 is 19.6 Å². The molecular weight excluding hydrogens is 374 g/mol. The summed E-state index contributed by atoms with van der Waals surface area (Å²) in [4.78, 5) is 17.8. The molecule has 0 aliphatic heterocycles. The second-order valence-corrected chi connectivity index (χ2v) is 6.98. The summed E-state index contributed by atoms with van der Waals surface area (Å²) in [5.41, 5.74) is 1.51. The van der Waals surface area contributed by atoms with Crippen molar-refractivity contribution in [1.29, 1.82) is 0 Å². The molecule has 0 saturated carbocycles. The van der Waals surface area contributed by atoms with Crippen molar-refractivity contribution in [3.63, 3.8) is 0 Å². The lowest BCUT2D eigenvalue weighted by Crippen LogP contribution is -2.23. The number of benzene rings is 2. The van der Waals surface area contributed by atoms with Crippen LogP contribution in [0, 0.1) is 0 Å². The second kappa shape index (κ2) is 7.82. The highest BCUT2D eigenvalue weighted by Crippen LogP contribution is 2.21. The van der Waals surface area contributed by atoms with Gasteiger partial charge >= 0.3 is 0 Å². The van der Waals surface area contributed by atoms with E-state index in [1.165, 1.54) is 15.9 Å². The monoisotopic (exact) mass is 393 g/mol. The van der Waals surface area contributed by atoms with Gasteiger partial charge < -0.3 is 9.47 Å². The third-order valence-corrected chi connectivity index (χ3v) is 5.07. The van der Waals surface area contributed by atoms with Gasteiger partial charge in [0.25, 0.3) is 5.56 Å². The van der Waals surface area contributed by atoms with Crippen LogP contribution in [-0.2, 0) is 0 Å². The summed E-state index contributed by atoms with van der Waals surface area (Å²) < 4.78 is 13.0. The van der Waals surface area contributed by atoms with Crippen LogP contribution in [0.3, 0.4) is 0 Å². The van der Waals surface area contributed by atoms with Crippen LogP contribution in [-0.4, -0.2) is 27.8 Å². The first-order chi connectivity index (χ1) is 13.7. The fourth-order valence-corrected chi connectivity index (χ4v) is 3.75. The summed E-state index contributed by atoms with van der Waals surface area (Å²) in [5.74, 6) is 2.06. The van der Waals surface area contributed by atoms with Gasteiger partial charge in [-0.1, -0.05) is 29.5 Å². The van der Waals surface area contributed by atoms with Crippen molar-refractivity contribution in [3.8, 4) is 22.9 Å². The molecule has 0 aliphatic carbocycles. The lowest BCUT2D eigenvalue weighted by molar-refractivity contribution is 0.339. The van der Waals surface area contributed by atoms with Crippen LogP contribution in [0.25, 0.3) is 22.4 Å². The van der Waals surface area contributed by atoms with Gasteiger partial charge in [0.2, 0.25) is 4.96 Å². The fourth-order valence-electron chi connectivity index (χ4n) is 2.85. The lowest BCUT2D eigenvalue weighted by Gasteiger charge is -2.05. The normalized spacial score (nSPS) is 11.9. The highest BCUT2D eigenvalue weighted by molar-refractivity contribution is 7.15. The minimum atomic E-state index is -0.184. The largest absolute Gasteiger partial charge is 0.494 e. The fraction of sp³-hybridized carbons (Fsp3) is 0.190. The number of ether oxygens (including phenoxy) is 2. The number of para-hydroxylation sites is 1. The number of fused-ring (bicyclic) bond motifs is 1. The predicted molar refractivity (Wildman–Crippen MR) is 110 cm³/mol. The minimum Gasteiger partial charge on any atom is -0.494 e. The molecule has 0 atom stereocenters. The third-order valence-electron chi connectivity index (χ3n) is 4.11. The van der Waals surface area contributed by atoms with Crippen LogP contribution in [0.4, 0.5) is 0 Å². The summed E-state index contributed by atoms with van der Waals surface area (Å²) >= 11 is 1.31. The summed E-state index contributed by atoms with van der Waals surface area (Å²) in [6.45, 7) is 5.05. The van der Waals surface area contributed by atoms with Gasteiger partial charge in [-0.3, -0.25) is 4.79 Å². The van der Waals surface area contributed by atoms with E-state index in [1.54, 1.807) is 0 Å². The number of hydrogen-bond donors (Lipinski definition) is 0. The molecule has 2 heterocycles. The van der Waals surface area contributed by atoms with E-state index >= 15 is 0 Å². The molecule has 0 N–H and O–H groups in total. The van der Waals surface area contributed by atoms with E-state index in [2.05, 4.69) is 10.1 Å². The number of rotatable bonds is 6. The molecule has 0 saturated heterocycles. The van der Waals surface area contributed by atoms with Crippen molar-refractivity contribution in [1.82, 2.24) is 14.6 Å². The van der Waals surface area contributed by atoms with E-state index in [-0.39, 0.29) is 5.56 Å². The van der Waals surface area contributed by atoms with E-state index in [4.69, 9.17) is 9.47 Å². The average Bonchev–Trinajstić information content (AvgIpc) is 3.24. The van der Waals surface area contributed by atoms with Gasteiger partial charge in [0, 0.05) is 11.1 Å². The molecule has 6 nitrogen and oxygen atoms in total. The summed E-state index contributed by atoms with van der Waals surface area (Å²) in [7, 11) is 0. The van der Waals surface area contributed by atoms with E-state index in [0.29, 0.717) is 28.5 Å². The van der Waals surface area contributed by atoms with Gasteiger partial charge in [0.15, 0.2) is 5.82 Å². The molecular formula is C21H19N3O3S. The van der Waals surface area contributed by atoms with Crippen molar-refractivity contribution in [2.45, 2.75) is 13.8 Å². The van der Waals surface area contributed by atoms with Crippen LogP contribution in [0.1, 0.15) is 19.4 Å². The van der Waals surface area contributed by atoms with E-state index in [9.17, 15) is 4.79 Å². The van der Waals surface area contributed by atoms with Crippen molar-refractivity contribution in [3.05, 3.63) is 69.0 Å². The lowest BCUT2D eigenvalue weighted by atomic mass is 10.2. The van der Waals surface area contributed by atoms with Gasteiger partial charge in [-0.25, -0.2) is 0 Å². The molecule has 4 rings (SSSR count). The van der Waals surface area contributed by atoms with E-state index in [0.717, 1.165) is 22.6 Å². The van der Waals surface area contributed by atoms with Crippen LogP contribution in [0.15, 0.2) is 53.3 Å². The molecule has 0 unspecified atom stereocenters. The minimum absolute atomic E-state index is 0.184. The molecule has 0 bridgehead atoms. The van der Waals surface area contributed by atoms with Crippen molar-refractivity contribution < 1.29 is 9.47 Å². The summed E-state index contributed by atoms with van der Waals surface area (Å²) in [6, 6.07) is 15.2. The molecule has 0 amide bonds. The van der Waals surface area contributed by atoms with Crippen molar-refractivity contribution in [2.75, 3.05) is 13.2 Å². The third kappa shape index (κ3) is 3.48. The first-order valence-electron chi connectivity index (χ1n) is 9.06. The molecule has 4 aromatic rings. The molecule has 2 aromatic heterocycles. The molecule has 0 fully saturated rings. The topological polar surface area (TPSA) is 65.7 Å². The Morgan fingerprint density at radius 1 is 1.04 bits per heavy atom. The number of thiazole rings is 1. The van der Waals surface area contributed by atoms with Gasteiger partial charge in [-0.05, 0) is 50.3 Å². The Kier molecular flexibility index (Phi) is 5.08. The van der Waals surface area contributed by atoms with Crippen molar-refractivity contribution in [2.24, 2.45) is 0 Å². The zero-order valence-electron chi connectivity index (χ0n) is 15.6. The first kappa shape index (κ1) is 18.2. The quantitative estimate of drug-likeness (QED) is 0.503. The van der Waals surface area contributed by atoms with Crippen molar-refractivity contribution >= 4 is 22.4 Å². The first-order valence-corrected chi connectivity index (χ1v) is 9.87. The number of hydrogen-bond acceptors (Lipinski definition) is 6. The van der Waals surface area contributed by atoms with Crippen LogP contribution in [0.2, 0.25) is 0 Å². The number of nitrogens with zero attached hydrogens (tertiary/aromatic N) is 3. The SMILES string of the molecule is CCOc1ccc(-c2nc3s/c(=C\c4ccccc4OCC)c(=O)n3n2)cc1. The highest BCUT2D eigenvalue weighted by Gasteiger charge is 2.12. The highest BCUT2D eigenvalue weighted by atomic mass is 32.1. The average molecular weight is 393 g/mol. The van der Waals surface area contributed by atoms with E-state index in [1.807, 2.05) is 68.5 Å². The van der Waals surface area contributed by atoms with Gasteiger partial charge in [-0.15, -0.1) is 5.10 Å². The summed E-state index contributed by atoms with van der Waals surface area (Å²) in [6.07, 6.45) is 1.82. The Balaban J connectivity index is 1.72. The van der Waals surface area contributed by atoms with Crippen LogP contribution >= 0.6 is 11.3 Å². The molecule has 0 radical (unpaired) electrons. The Morgan fingerprint density at radius 3 is 2.50 bits per heavy atom. The Morgan fingerprint density at radius 2 is 1.79 bits per heavy atom. The molecule has 2 aromatic carbocycles. The second-order valence-electron chi connectivity index (χ2n) is 5.97.